The molecule has 2 N–H and O–H groups in total. The van der Waals surface area contributed by atoms with E-state index in [0.717, 1.165) is 25.7 Å². The lowest BCUT2D eigenvalue weighted by atomic mass is 9.81. The quantitative estimate of drug-likeness (QED) is 0.501. The van der Waals surface area contributed by atoms with Crippen LogP contribution in [0.2, 0.25) is 0 Å². The minimum Gasteiger partial charge on any atom is -0.298 e. The van der Waals surface area contributed by atoms with Crippen LogP contribution in [0, 0.1) is 22.7 Å². The van der Waals surface area contributed by atoms with Crippen molar-refractivity contribution in [1.82, 2.24) is 0 Å². The molecule has 0 heterocycles. The van der Waals surface area contributed by atoms with Gasteiger partial charge in [0.15, 0.2) is 14.9 Å². The maximum Gasteiger partial charge on any atom is 0.439 e. The number of rotatable bonds is 5. The first-order valence-corrected chi connectivity index (χ1v) is 10.8. The van der Waals surface area contributed by atoms with Gasteiger partial charge in [0.05, 0.1) is 15.5 Å². The Hall–Kier alpha value is -0.570. The van der Waals surface area contributed by atoms with Gasteiger partial charge < -0.3 is 0 Å². The van der Waals surface area contributed by atoms with Gasteiger partial charge in [0, 0.05) is 0 Å². The van der Waals surface area contributed by atoms with Crippen molar-refractivity contribution in [2.75, 3.05) is 5.75 Å². The normalized spacial score (nSPS) is 22.6. The molecule has 0 bridgehead atoms. The van der Waals surface area contributed by atoms with Crippen molar-refractivity contribution in [2.24, 2.45) is 11.8 Å². The smallest absolute Gasteiger partial charge is 0.298 e. The van der Waals surface area contributed by atoms with Crippen LogP contribution in [-0.2, 0) is 9.84 Å². The van der Waals surface area contributed by atoms with Gasteiger partial charge in [-0.1, -0.05) is 24.6 Å². The van der Waals surface area contributed by atoms with Gasteiger partial charge in [-0.3, -0.25) is 10.8 Å². The van der Waals surface area contributed by atoms with Gasteiger partial charge in [0.25, 0.3) is 0 Å². The molecule has 0 aromatic heterocycles. The first kappa shape index (κ1) is 22.5. The molecule has 1 rings (SSSR count). The Morgan fingerprint density at radius 2 is 1.52 bits per heavy atom. The largest absolute Gasteiger partial charge is 0.439 e. The molecule has 0 saturated heterocycles. The van der Waals surface area contributed by atoms with E-state index in [1.807, 2.05) is 0 Å². The fourth-order valence-corrected chi connectivity index (χ4v) is 4.85. The lowest BCUT2D eigenvalue weighted by Gasteiger charge is -2.30. The highest BCUT2D eigenvalue weighted by Crippen LogP contribution is 2.35. The number of hydrogen-bond donors (Lipinski definition) is 2. The van der Waals surface area contributed by atoms with E-state index in [2.05, 4.69) is 0 Å². The monoisotopic (exact) mass is 400 g/mol. The molecule has 0 amide bonds. The summed E-state index contributed by atoms with van der Waals surface area (Å²) in [7, 11) is -3.14. The van der Waals surface area contributed by atoms with Gasteiger partial charge >= 0.3 is 6.18 Å². The summed E-state index contributed by atoms with van der Waals surface area (Å²) in [5, 5.41) is 12.9. The van der Waals surface area contributed by atoms with Gasteiger partial charge in [-0.2, -0.15) is 13.2 Å². The summed E-state index contributed by atoms with van der Waals surface area (Å²) >= 11 is 0.169. The fourth-order valence-electron chi connectivity index (χ4n) is 2.81. The van der Waals surface area contributed by atoms with E-state index >= 15 is 0 Å². The Morgan fingerprint density at radius 1 is 1.04 bits per heavy atom. The molecule has 25 heavy (non-hydrogen) atoms. The zero-order chi connectivity index (χ0) is 19.5. The summed E-state index contributed by atoms with van der Waals surface area (Å²) in [6.07, 6.45) is -0.530. The predicted molar refractivity (Wildman–Crippen MR) is 97.3 cm³/mol. The van der Waals surface area contributed by atoms with Crippen LogP contribution in [0.15, 0.2) is 0 Å². The Bertz CT molecular complexity index is 587. The molecular formula is C16H27F3N2O2S2. The average molecular weight is 401 g/mol. The molecule has 0 unspecified atom stereocenters. The van der Waals surface area contributed by atoms with Gasteiger partial charge in [-0.15, -0.1) is 0 Å². The van der Waals surface area contributed by atoms with E-state index in [9.17, 15) is 21.6 Å². The minimum absolute atomic E-state index is 0.139. The highest BCUT2D eigenvalue weighted by atomic mass is 32.2. The zero-order valence-electron chi connectivity index (χ0n) is 14.9. The van der Waals surface area contributed by atoms with E-state index < -0.39 is 25.8 Å². The molecule has 0 spiro atoms. The molecule has 4 nitrogen and oxygen atoms in total. The van der Waals surface area contributed by atoms with E-state index in [1.54, 1.807) is 20.8 Å². The first-order valence-electron chi connectivity index (χ1n) is 8.35. The number of thioether (sulfide) groups is 1. The summed E-state index contributed by atoms with van der Waals surface area (Å²) in [5.74, 6) is 0.653. The summed E-state index contributed by atoms with van der Waals surface area (Å²) in [4.78, 5) is 0. The molecule has 0 radical (unpaired) electrons. The molecule has 0 atom stereocenters. The number of alkyl halides is 3. The van der Waals surface area contributed by atoms with Crippen molar-refractivity contribution in [3.63, 3.8) is 0 Å². The third-order valence-corrected chi connectivity index (χ3v) is 8.28. The lowest BCUT2D eigenvalue weighted by molar-refractivity contribution is -0.0560. The molecular weight excluding hydrogens is 373 g/mol. The number of halogens is 3. The topological polar surface area (TPSA) is 81.8 Å². The van der Waals surface area contributed by atoms with Gasteiger partial charge in [-0.05, 0) is 58.3 Å². The van der Waals surface area contributed by atoms with E-state index in [1.165, 1.54) is 0 Å². The SMILES string of the molecule is CC(C)(C)S(=O)(=O)CC1CCC(CCC(=N)SC(=N)C(F)(F)F)CC1. The van der Waals surface area contributed by atoms with E-state index in [0.29, 0.717) is 12.3 Å². The van der Waals surface area contributed by atoms with Crippen LogP contribution >= 0.6 is 11.8 Å². The molecule has 1 aliphatic rings. The van der Waals surface area contributed by atoms with Crippen LogP contribution in [0.4, 0.5) is 13.2 Å². The van der Waals surface area contributed by atoms with Crippen LogP contribution in [-0.4, -0.2) is 35.2 Å². The van der Waals surface area contributed by atoms with Crippen molar-refractivity contribution in [1.29, 1.82) is 10.8 Å². The van der Waals surface area contributed by atoms with E-state index in [4.69, 9.17) is 10.8 Å². The second-order valence-corrected chi connectivity index (χ2v) is 11.6. The third-order valence-electron chi connectivity index (χ3n) is 4.62. The Kier molecular flexibility index (Phi) is 7.56. The molecule has 9 heteroatoms. The average Bonchev–Trinajstić information content (AvgIpc) is 2.44. The number of sulfone groups is 1. The molecule has 0 aromatic carbocycles. The molecule has 1 saturated carbocycles. The molecule has 1 aliphatic carbocycles. The fraction of sp³-hybridized carbons (Fsp3) is 0.875. The molecule has 146 valence electrons. The predicted octanol–water partition coefficient (Wildman–Crippen LogP) is 5.04. The summed E-state index contributed by atoms with van der Waals surface area (Å²) < 4.78 is 60.6. The van der Waals surface area contributed by atoms with Crippen molar-refractivity contribution in [3.8, 4) is 0 Å². The van der Waals surface area contributed by atoms with Gasteiger partial charge in [-0.25, -0.2) is 8.42 Å². The van der Waals surface area contributed by atoms with Crippen LogP contribution in [0.5, 0.6) is 0 Å². The second kappa shape index (κ2) is 8.41. The molecule has 1 fully saturated rings. The highest BCUT2D eigenvalue weighted by molar-refractivity contribution is 8.26. The third kappa shape index (κ3) is 7.29. The van der Waals surface area contributed by atoms with Crippen molar-refractivity contribution >= 4 is 31.7 Å². The number of nitrogens with one attached hydrogen (secondary N) is 2. The molecule has 0 aliphatic heterocycles. The van der Waals surface area contributed by atoms with Crippen molar-refractivity contribution < 1.29 is 21.6 Å². The van der Waals surface area contributed by atoms with Crippen LogP contribution < -0.4 is 0 Å². The summed E-state index contributed by atoms with van der Waals surface area (Å²) in [6, 6.07) is 0. The maximum atomic E-state index is 12.3. The minimum atomic E-state index is -4.69. The van der Waals surface area contributed by atoms with Crippen molar-refractivity contribution in [3.05, 3.63) is 0 Å². The van der Waals surface area contributed by atoms with Crippen molar-refractivity contribution in [2.45, 2.75) is 70.2 Å². The first-order chi connectivity index (χ1) is 11.2. The van der Waals surface area contributed by atoms with Gasteiger partial charge in [0.1, 0.15) is 0 Å². The van der Waals surface area contributed by atoms with Crippen LogP contribution in [0.1, 0.15) is 59.3 Å². The number of hydrogen-bond acceptors (Lipinski definition) is 5. The van der Waals surface area contributed by atoms with Crippen LogP contribution in [0.25, 0.3) is 0 Å². The zero-order valence-corrected chi connectivity index (χ0v) is 16.5. The Balaban J connectivity index is 2.36. The highest BCUT2D eigenvalue weighted by Gasteiger charge is 2.36. The standard InChI is InChI=1S/C16H27F3N2O2S2/c1-15(2,3)25(22,23)10-12-6-4-11(5-7-12)8-9-13(20)24-14(21)16(17,18)19/h11-12,20-21H,4-10H2,1-3H3. The van der Waals surface area contributed by atoms with Gasteiger partial charge in [0.2, 0.25) is 0 Å². The molecule has 0 aromatic rings. The maximum absolute atomic E-state index is 12.3. The lowest BCUT2D eigenvalue weighted by Crippen LogP contribution is -2.34. The Morgan fingerprint density at radius 3 is 1.96 bits per heavy atom. The van der Waals surface area contributed by atoms with E-state index in [-0.39, 0.29) is 34.9 Å². The van der Waals surface area contributed by atoms with Crippen LogP contribution in [0.3, 0.4) is 0 Å². The Labute approximate surface area is 152 Å². The summed E-state index contributed by atoms with van der Waals surface area (Å²) in [5.41, 5.74) is 0. The second-order valence-electron chi connectivity index (χ2n) is 7.67. The summed E-state index contributed by atoms with van der Waals surface area (Å²) in [6.45, 7) is 5.11.